The zero-order valence-corrected chi connectivity index (χ0v) is 11.5. The van der Waals surface area contributed by atoms with E-state index in [0.717, 1.165) is 24.7 Å². The molecular formula is C15H21N3O. The number of nitrogens with zero attached hydrogens (tertiary/aromatic N) is 3. The number of aromatic nitrogens is 2. The normalized spacial score (nSPS) is 21.4. The number of rotatable bonds is 3. The first kappa shape index (κ1) is 12.5. The molecule has 1 fully saturated rings. The van der Waals surface area contributed by atoms with E-state index in [-0.39, 0.29) is 0 Å². The van der Waals surface area contributed by atoms with E-state index in [1.165, 1.54) is 25.7 Å². The average Bonchev–Trinajstić information content (AvgIpc) is 3.00. The van der Waals surface area contributed by atoms with Crippen LogP contribution in [-0.4, -0.2) is 21.0 Å². The highest BCUT2D eigenvalue weighted by molar-refractivity contribution is 5.06. The smallest absolute Gasteiger partial charge is 0.122 e. The van der Waals surface area contributed by atoms with Crippen molar-refractivity contribution in [1.29, 1.82) is 0 Å². The predicted molar refractivity (Wildman–Crippen MR) is 73.5 cm³/mol. The number of hydrogen-bond donors (Lipinski definition) is 0. The number of likely N-dealkylation sites (tertiary alicyclic amines) is 1. The molecular weight excluding hydrogens is 238 g/mol. The van der Waals surface area contributed by atoms with E-state index in [1.807, 2.05) is 18.5 Å². The summed E-state index contributed by atoms with van der Waals surface area (Å²) in [4.78, 5) is 6.96. The second-order valence-corrected chi connectivity index (χ2v) is 5.31. The fourth-order valence-corrected chi connectivity index (χ4v) is 2.89. The number of imidazole rings is 1. The second kappa shape index (κ2) is 5.61. The molecule has 0 aromatic carbocycles. The summed E-state index contributed by atoms with van der Waals surface area (Å²) < 4.78 is 7.74. The number of furan rings is 1. The van der Waals surface area contributed by atoms with Gasteiger partial charge in [-0.25, -0.2) is 4.98 Å². The summed E-state index contributed by atoms with van der Waals surface area (Å²) in [6, 6.07) is 4.48. The molecule has 1 saturated heterocycles. The minimum absolute atomic E-state index is 0.397. The molecule has 3 rings (SSSR count). The molecule has 0 amide bonds. The molecule has 4 nitrogen and oxygen atoms in total. The molecule has 0 spiro atoms. The van der Waals surface area contributed by atoms with Crippen molar-refractivity contribution >= 4 is 0 Å². The van der Waals surface area contributed by atoms with E-state index in [2.05, 4.69) is 27.6 Å². The first-order valence-corrected chi connectivity index (χ1v) is 7.08. The molecule has 0 aliphatic carbocycles. The maximum atomic E-state index is 5.64. The van der Waals surface area contributed by atoms with E-state index in [4.69, 9.17) is 4.42 Å². The van der Waals surface area contributed by atoms with Gasteiger partial charge in [0.2, 0.25) is 0 Å². The van der Waals surface area contributed by atoms with Crippen LogP contribution in [-0.2, 0) is 13.6 Å². The Labute approximate surface area is 114 Å². The molecule has 1 unspecified atom stereocenters. The first-order chi connectivity index (χ1) is 9.34. The molecule has 102 valence electrons. The Morgan fingerprint density at radius 3 is 3.05 bits per heavy atom. The van der Waals surface area contributed by atoms with Gasteiger partial charge in [0.1, 0.15) is 11.6 Å². The highest BCUT2D eigenvalue weighted by Crippen LogP contribution is 2.31. The third kappa shape index (κ3) is 2.73. The molecule has 1 aliphatic heterocycles. The summed E-state index contributed by atoms with van der Waals surface area (Å²) in [5.41, 5.74) is 0. The molecule has 0 radical (unpaired) electrons. The van der Waals surface area contributed by atoms with Crippen LogP contribution in [0.1, 0.15) is 43.3 Å². The van der Waals surface area contributed by atoms with Crippen LogP contribution >= 0.6 is 0 Å². The van der Waals surface area contributed by atoms with Crippen molar-refractivity contribution in [3.05, 3.63) is 42.4 Å². The third-order valence-electron chi connectivity index (χ3n) is 4.00. The lowest BCUT2D eigenvalue weighted by Gasteiger charge is -2.28. The third-order valence-corrected chi connectivity index (χ3v) is 4.00. The van der Waals surface area contributed by atoms with Gasteiger partial charge < -0.3 is 8.98 Å². The molecule has 1 aliphatic rings. The van der Waals surface area contributed by atoms with Crippen LogP contribution in [0.4, 0.5) is 0 Å². The highest BCUT2D eigenvalue weighted by Gasteiger charge is 2.25. The summed E-state index contributed by atoms with van der Waals surface area (Å²) in [5.74, 6) is 2.22. The topological polar surface area (TPSA) is 34.2 Å². The summed E-state index contributed by atoms with van der Waals surface area (Å²) >= 11 is 0. The van der Waals surface area contributed by atoms with Crippen LogP contribution in [0.15, 0.2) is 35.2 Å². The Hall–Kier alpha value is -1.55. The second-order valence-electron chi connectivity index (χ2n) is 5.31. The van der Waals surface area contributed by atoms with Crippen LogP contribution in [0, 0.1) is 0 Å². The molecule has 0 saturated carbocycles. The van der Waals surface area contributed by atoms with Gasteiger partial charge >= 0.3 is 0 Å². The molecule has 19 heavy (non-hydrogen) atoms. The van der Waals surface area contributed by atoms with Crippen molar-refractivity contribution < 1.29 is 4.42 Å². The lowest BCUT2D eigenvalue weighted by atomic mass is 10.1. The van der Waals surface area contributed by atoms with E-state index in [9.17, 15) is 0 Å². The standard InChI is InChI=1S/C15H21N3O/c1-17-10-8-16-15(17)12-18-9-4-2-3-6-13(18)14-7-5-11-19-14/h5,7-8,10-11,13H,2-4,6,9,12H2,1H3. The van der Waals surface area contributed by atoms with E-state index in [1.54, 1.807) is 6.26 Å². The van der Waals surface area contributed by atoms with Crippen LogP contribution in [0.2, 0.25) is 0 Å². The Morgan fingerprint density at radius 2 is 2.32 bits per heavy atom. The Kier molecular flexibility index (Phi) is 3.69. The first-order valence-electron chi connectivity index (χ1n) is 7.08. The van der Waals surface area contributed by atoms with Crippen molar-refractivity contribution in [2.24, 2.45) is 7.05 Å². The van der Waals surface area contributed by atoms with Crippen LogP contribution in [0.3, 0.4) is 0 Å². The molecule has 0 N–H and O–H groups in total. The number of hydrogen-bond acceptors (Lipinski definition) is 3. The van der Waals surface area contributed by atoms with Gasteiger partial charge in [-0.05, 0) is 31.5 Å². The monoisotopic (exact) mass is 259 g/mol. The van der Waals surface area contributed by atoms with Crippen LogP contribution in [0.5, 0.6) is 0 Å². The lowest BCUT2D eigenvalue weighted by molar-refractivity contribution is 0.164. The Morgan fingerprint density at radius 1 is 1.37 bits per heavy atom. The summed E-state index contributed by atoms with van der Waals surface area (Å²) in [6.07, 6.45) is 10.7. The van der Waals surface area contributed by atoms with E-state index in [0.29, 0.717) is 6.04 Å². The largest absolute Gasteiger partial charge is 0.468 e. The molecule has 2 aromatic rings. The van der Waals surface area contributed by atoms with Gasteiger partial charge in [0, 0.05) is 19.4 Å². The van der Waals surface area contributed by atoms with E-state index < -0.39 is 0 Å². The lowest BCUT2D eigenvalue weighted by Crippen LogP contribution is -2.29. The van der Waals surface area contributed by atoms with Crippen molar-refractivity contribution in [3.8, 4) is 0 Å². The van der Waals surface area contributed by atoms with Crippen molar-refractivity contribution in [2.75, 3.05) is 6.54 Å². The highest BCUT2D eigenvalue weighted by atomic mass is 16.3. The van der Waals surface area contributed by atoms with Crippen molar-refractivity contribution in [1.82, 2.24) is 14.5 Å². The number of aryl methyl sites for hydroxylation is 1. The fourth-order valence-electron chi connectivity index (χ4n) is 2.89. The summed E-state index contributed by atoms with van der Waals surface area (Å²) in [5, 5.41) is 0. The SMILES string of the molecule is Cn1ccnc1CN1CCCCCC1c1ccco1. The minimum Gasteiger partial charge on any atom is -0.468 e. The van der Waals surface area contributed by atoms with Gasteiger partial charge in [-0.1, -0.05) is 12.8 Å². The zero-order chi connectivity index (χ0) is 13.1. The van der Waals surface area contributed by atoms with Crippen molar-refractivity contribution in [3.63, 3.8) is 0 Å². The van der Waals surface area contributed by atoms with Crippen molar-refractivity contribution in [2.45, 2.75) is 38.3 Å². The Balaban J connectivity index is 1.81. The van der Waals surface area contributed by atoms with Gasteiger partial charge in [0.15, 0.2) is 0 Å². The minimum atomic E-state index is 0.397. The average molecular weight is 259 g/mol. The van der Waals surface area contributed by atoms with Gasteiger partial charge in [0.05, 0.1) is 18.8 Å². The molecule has 3 heterocycles. The molecule has 4 heteroatoms. The zero-order valence-electron chi connectivity index (χ0n) is 11.5. The van der Waals surface area contributed by atoms with Gasteiger partial charge in [0.25, 0.3) is 0 Å². The van der Waals surface area contributed by atoms with E-state index >= 15 is 0 Å². The summed E-state index contributed by atoms with van der Waals surface area (Å²) in [7, 11) is 2.06. The molecule has 2 aromatic heterocycles. The summed E-state index contributed by atoms with van der Waals surface area (Å²) in [6.45, 7) is 2.02. The maximum Gasteiger partial charge on any atom is 0.122 e. The fraction of sp³-hybridized carbons (Fsp3) is 0.533. The molecule has 1 atom stereocenters. The Bertz CT molecular complexity index is 503. The van der Waals surface area contributed by atoms with Gasteiger partial charge in [-0.3, -0.25) is 4.90 Å². The van der Waals surface area contributed by atoms with Gasteiger partial charge in [-0.2, -0.15) is 0 Å². The van der Waals surface area contributed by atoms with Gasteiger partial charge in [-0.15, -0.1) is 0 Å². The quantitative estimate of drug-likeness (QED) is 0.849. The maximum absolute atomic E-state index is 5.64. The van der Waals surface area contributed by atoms with Crippen LogP contribution in [0.25, 0.3) is 0 Å². The predicted octanol–water partition coefficient (Wildman–Crippen LogP) is 3.13. The van der Waals surface area contributed by atoms with Crippen LogP contribution < -0.4 is 0 Å². The molecule has 0 bridgehead atoms.